The van der Waals surface area contributed by atoms with Crippen LogP contribution in [-0.2, 0) is 0 Å². The lowest BCUT2D eigenvalue weighted by molar-refractivity contribution is 0.420. The molecule has 0 aliphatic heterocycles. The molecule has 0 saturated heterocycles. The van der Waals surface area contributed by atoms with Crippen LogP contribution in [0.25, 0.3) is 21.7 Å². The Morgan fingerprint density at radius 2 is 1.90 bits per heavy atom. The van der Waals surface area contributed by atoms with Crippen molar-refractivity contribution >= 4 is 43.8 Å². The fourth-order valence-electron chi connectivity index (χ4n) is 3.48. The van der Waals surface area contributed by atoms with Crippen molar-refractivity contribution in [3.05, 3.63) is 80.8 Å². The molecule has 4 rings (SSSR count). The number of halogens is 1. The number of rotatable bonds is 5. The molecule has 5 nitrogen and oxygen atoms in total. The minimum atomic E-state index is -0.175. The summed E-state index contributed by atoms with van der Waals surface area (Å²) in [6.07, 6.45) is 2.58. The first-order valence-electron chi connectivity index (χ1n) is 9.85. The van der Waals surface area contributed by atoms with E-state index in [2.05, 4.69) is 34.9 Å². The second kappa shape index (κ2) is 8.40. The summed E-state index contributed by atoms with van der Waals surface area (Å²) >= 11 is 3.44. The second-order valence-electron chi connectivity index (χ2n) is 7.20. The van der Waals surface area contributed by atoms with Crippen LogP contribution >= 0.6 is 15.9 Å². The molecule has 152 valence electrons. The van der Waals surface area contributed by atoms with E-state index < -0.39 is 0 Å². The van der Waals surface area contributed by atoms with E-state index in [1.165, 1.54) is 4.68 Å². The maximum absolute atomic E-state index is 13.3. The fraction of sp³-hybridized carbons (Fsp3) is 0.208. The third-order valence-electron chi connectivity index (χ3n) is 5.34. The standard InChI is InChI=1S/C24H22BrN3O2/c1-4-15(2)23-27-21-11-10-17(25)13-20(21)24(29)28(23)26-14-16-9-12-22(30-3)19-8-6-5-7-18(16)19/h5-15H,4H2,1-3H3/t15-/m1/s1. The minimum Gasteiger partial charge on any atom is -0.496 e. The molecule has 0 fully saturated rings. The van der Waals surface area contributed by atoms with Crippen molar-refractivity contribution in [1.82, 2.24) is 9.66 Å². The summed E-state index contributed by atoms with van der Waals surface area (Å²) < 4.78 is 7.74. The maximum atomic E-state index is 13.3. The van der Waals surface area contributed by atoms with Gasteiger partial charge in [-0.15, -0.1) is 0 Å². The molecule has 1 aromatic heterocycles. The van der Waals surface area contributed by atoms with Crippen LogP contribution in [0.3, 0.4) is 0 Å². The predicted molar refractivity (Wildman–Crippen MR) is 126 cm³/mol. The topological polar surface area (TPSA) is 56.5 Å². The Morgan fingerprint density at radius 1 is 1.13 bits per heavy atom. The van der Waals surface area contributed by atoms with E-state index in [-0.39, 0.29) is 11.5 Å². The van der Waals surface area contributed by atoms with E-state index in [1.807, 2.05) is 48.5 Å². The molecule has 0 unspecified atom stereocenters. The molecule has 6 heteroatoms. The average Bonchev–Trinajstić information content (AvgIpc) is 2.78. The minimum absolute atomic E-state index is 0.0931. The van der Waals surface area contributed by atoms with E-state index in [0.29, 0.717) is 16.7 Å². The van der Waals surface area contributed by atoms with Crippen LogP contribution in [0.4, 0.5) is 0 Å². The zero-order valence-corrected chi connectivity index (χ0v) is 18.7. The van der Waals surface area contributed by atoms with E-state index >= 15 is 0 Å². The van der Waals surface area contributed by atoms with E-state index in [4.69, 9.17) is 9.72 Å². The highest BCUT2D eigenvalue weighted by Gasteiger charge is 2.15. The highest BCUT2D eigenvalue weighted by Crippen LogP contribution is 2.27. The summed E-state index contributed by atoms with van der Waals surface area (Å²) in [5, 5.41) is 7.13. The lowest BCUT2D eigenvalue weighted by Crippen LogP contribution is -2.23. The van der Waals surface area contributed by atoms with Crippen molar-refractivity contribution in [1.29, 1.82) is 0 Å². The van der Waals surface area contributed by atoms with Gasteiger partial charge in [-0.3, -0.25) is 4.79 Å². The molecule has 0 amide bonds. The Morgan fingerprint density at radius 3 is 2.63 bits per heavy atom. The second-order valence-corrected chi connectivity index (χ2v) is 8.12. The Kier molecular flexibility index (Phi) is 5.68. The Bertz CT molecular complexity index is 1330. The SMILES string of the molecule is CC[C@@H](C)c1nc2ccc(Br)cc2c(=O)n1N=Cc1ccc(OC)c2ccccc12. The van der Waals surface area contributed by atoms with Crippen LogP contribution in [0.2, 0.25) is 0 Å². The normalized spacial score (nSPS) is 12.7. The first-order valence-corrected chi connectivity index (χ1v) is 10.6. The summed E-state index contributed by atoms with van der Waals surface area (Å²) in [6.45, 7) is 4.13. The van der Waals surface area contributed by atoms with Crippen LogP contribution in [0.5, 0.6) is 5.75 Å². The van der Waals surface area contributed by atoms with Gasteiger partial charge in [0.25, 0.3) is 5.56 Å². The number of methoxy groups -OCH3 is 1. The highest BCUT2D eigenvalue weighted by molar-refractivity contribution is 9.10. The van der Waals surface area contributed by atoms with Crippen LogP contribution < -0.4 is 10.3 Å². The summed E-state index contributed by atoms with van der Waals surface area (Å²) in [7, 11) is 1.66. The summed E-state index contributed by atoms with van der Waals surface area (Å²) in [6, 6.07) is 17.4. The molecule has 1 heterocycles. The van der Waals surface area contributed by atoms with E-state index in [1.54, 1.807) is 19.4 Å². The molecular weight excluding hydrogens is 442 g/mol. The lowest BCUT2D eigenvalue weighted by Gasteiger charge is -2.14. The van der Waals surface area contributed by atoms with Gasteiger partial charge in [-0.2, -0.15) is 9.78 Å². The molecule has 0 saturated carbocycles. The zero-order chi connectivity index (χ0) is 21.3. The molecule has 0 aliphatic carbocycles. The molecular formula is C24H22BrN3O2. The largest absolute Gasteiger partial charge is 0.496 e. The average molecular weight is 464 g/mol. The van der Waals surface area contributed by atoms with Gasteiger partial charge in [0, 0.05) is 21.3 Å². The Balaban J connectivity index is 1.92. The van der Waals surface area contributed by atoms with Gasteiger partial charge in [-0.25, -0.2) is 4.98 Å². The van der Waals surface area contributed by atoms with Gasteiger partial charge in [0.1, 0.15) is 11.6 Å². The number of hydrogen-bond donors (Lipinski definition) is 0. The molecule has 0 radical (unpaired) electrons. The van der Waals surface area contributed by atoms with Crippen molar-refractivity contribution in [2.75, 3.05) is 7.11 Å². The van der Waals surface area contributed by atoms with Crippen LogP contribution in [0, 0.1) is 0 Å². The van der Waals surface area contributed by atoms with Gasteiger partial charge in [0.05, 0.1) is 24.2 Å². The van der Waals surface area contributed by atoms with Crippen molar-refractivity contribution in [3.63, 3.8) is 0 Å². The number of aromatic nitrogens is 2. The van der Waals surface area contributed by atoms with Crippen LogP contribution in [-0.4, -0.2) is 23.0 Å². The molecule has 0 aliphatic rings. The summed E-state index contributed by atoms with van der Waals surface area (Å²) in [4.78, 5) is 18.0. The predicted octanol–water partition coefficient (Wildman–Crippen LogP) is 5.72. The third-order valence-corrected chi connectivity index (χ3v) is 5.83. The molecule has 1 atom stereocenters. The number of nitrogens with zero attached hydrogens (tertiary/aromatic N) is 3. The van der Waals surface area contributed by atoms with Crippen molar-refractivity contribution in [3.8, 4) is 5.75 Å². The van der Waals surface area contributed by atoms with Crippen molar-refractivity contribution in [2.45, 2.75) is 26.2 Å². The van der Waals surface area contributed by atoms with Gasteiger partial charge in [0.2, 0.25) is 0 Å². The van der Waals surface area contributed by atoms with Crippen LogP contribution in [0.15, 0.2) is 69.0 Å². The lowest BCUT2D eigenvalue weighted by atomic mass is 10.0. The first-order chi connectivity index (χ1) is 14.5. The van der Waals surface area contributed by atoms with Gasteiger partial charge in [-0.05, 0) is 42.1 Å². The molecule has 3 aromatic carbocycles. The number of benzene rings is 3. The number of hydrogen-bond acceptors (Lipinski definition) is 4. The zero-order valence-electron chi connectivity index (χ0n) is 17.1. The molecule has 0 bridgehead atoms. The third kappa shape index (κ3) is 3.63. The van der Waals surface area contributed by atoms with Gasteiger partial charge in [-0.1, -0.05) is 54.0 Å². The van der Waals surface area contributed by atoms with Gasteiger partial charge >= 0.3 is 0 Å². The molecule has 4 aromatic rings. The van der Waals surface area contributed by atoms with Gasteiger partial charge in [0.15, 0.2) is 0 Å². The Labute approximate surface area is 183 Å². The molecule has 0 N–H and O–H groups in total. The first kappa shape index (κ1) is 20.3. The Hall–Kier alpha value is -2.99. The molecule has 0 spiro atoms. The van der Waals surface area contributed by atoms with E-state index in [9.17, 15) is 4.79 Å². The van der Waals surface area contributed by atoms with Gasteiger partial charge < -0.3 is 4.74 Å². The van der Waals surface area contributed by atoms with Crippen molar-refractivity contribution < 1.29 is 4.74 Å². The molecule has 30 heavy (non-hydrogen) atoms. The fourth-order valence-corrected chi connectivity index (χ4v) is 3.85. The smallest absolute Gasteiger partial charge is 0.282 e. The number of fused-ring (bicyclic) bond motifs is 2. The van der Waals surface area contributed by atoms with Crippen LogP contribution in [0.1, 0.15) is 37.6 Å². The van der Waals surface area contributed by atoms with E-state index in [0.717, 1.165) is 33.0 Å². The summed E-state index contributed by atoms with van der Waals surface area (Å²) in [5.41, 5.74) is 1.41. The maximum Gasteiger partial charge on any atom is 0.282 e. The highest BCUT2D eigenvalue weighted by atomic mass is 79.9. The summed E-state index contributed by atoms with van der Waals surface area (Å²) in [5.74, 6) is 1.55. The monoisotopic (exact) mass is 463 g/mol. The number of ether oxygens (including phenoxy) is 1. The van der Waals surface area contributed by atoms with Crippen molar-refractivity contribution in [2.24, 2.45) is 5.10 Å². The quantitative estimate of drug-likeness (QED) is 0.355.